The van der Waals surface area contributed by atoms with Crippen LogP contribution in [0.15, 0.2) is 41.5 Å². The summed E-state index contributed by atoms with van der Waals surface area (Å²) in [6, 6.07) is 9.99. The lowest BCUT2D eigenvalue weighted by atomic mass is 10.1. The molecule has 0 atom stereocenters. The number of nitrogens with zero attached hydrogens (tertiary/aromatic N) is 2. The van der Waals surface area contributed by atoms with Crippen LogP contribution < -0.4 is 19.6 Å². The van der Waals surface area contributed by atoms with Gasteiger partial charge in [0.05, 0.1) is 38.4 Å². The van der Waals surface area contributed by atoms with Crippen molar-refractivity contribution in [2.45, 2.75) is 26.2 Å². The van der Waals surface area contributed by atoms with E-state index in [0.29, 0.717) is 17.9 Å². The number of hydrogen-bond donors (Lipinski definition) is 1. The molecule has 1 N–H and O–H groups in total. The molecule has 2 aromatic carbocycles. The molecule has 0 unspecified atom stereocenters. The monoisotopic (exact) mass is 415 g/mol. The van der Waals surface area contributed by atoms with Crippen LogP contribution in [0.1, 0.15) is 30.9 Å². The molecule has 0 heterocycles. The Morgan fingerprint density at radius 1 is 1.20 bits per heavy atom. The van der Waals surface area contributed by atoms with Gasteiger partial charge in [0, 0.05) is 11.6 Å². The first kappa shape index (κ1) is 22.7. The molecule has 160 valence electrons. The lowest BCUT2D eigenvalue weighted by Crippen LogP contribution is -2.19. The molecule has 0 fully saturated rings. The average molecular weight is 415 g/mol. The summed E-state index contributed by atoms with van der Waals surface area (Å²) in [4.78, 5) is 23.0. The third-order valence-electron chi connectivity index (χ3n) is 4.15. The quantitative estimate of drug-likeness (QED) is 0.260. The maximum Gasteiger partial charge on any atom is 0.315 e. The van der Waals surface area contributed by atoms with E-state index in [1.165, 1.54) is 19.4 Å². The standard InChI is InChI=1S/C21H25N3O6/c1-4-5-10-30-21-18(24(26)27)11-16(12-19(21)29-3)14-22-23-20(25)13-15-6-8-17(28-2)9-7-15/h6-9,11-12,14H,4-5,10,13H2,1-3H3,(H,23,25)/b22-14-. The molecule has 0 saturated carbocycles. The van der Waals surface area contributed by atoms with Crippen molar-refractivity contribution in [2.75, 3.05) is 20.8 Å². The van der Waals surface area contributed by atoms with Gasteiger partial charge in [0.2, 0.25) is 11.7 Å². The Kier molecular flexibility index (Phi) is 8.61. The highest BCUT2D eigenvalue weighted by Crippen LogP contribution is 2.38. The van der Waals surface area contributed by atoms with Crippen LogP contribution in [-0.2, 0) is 11.2 Å². The SMILES string of the molecule is CCCCOc1c(OC)cc(/C=N\NC(=O)Cc2ccc(OC)cc2)cc1[N+](=O)[O-]. The van der Waals surface area contributed by atoms with E-state index < -0.39 is 4.92 Å². The van der Waals surface area contributed by atoms with Crippen LogP contribution in [0.5, 0.6) is 17.2 Å². The third-order valence-corrected chi connectivity index (χ3v) is 4.15. The van der Waals surface area contributed by atoms with E-state index in [1.807, 2.05) is 6.92 Å². The Bertz CT molecular complexity index is 896. The number of ether oxygens (including phenoxy) is 3. The number of carbonyl (C=O) groups is 1. The number of nitrogens with one attached hydrogen (secondary N) is 1. The lowest BCUT2D eigenvalue weighted by molar-refractivity contribution is -0.386. The number of amides is 1. The van der Waals surface area contributed by atoms with Crippen LogP contribution in [0.2, 0.25) is 0 Å². The van der Waals surface area contributed by atoms with Gasteiger partial charge in [-0.2, -0.15) is 5.10 Å². The molecule has 0 aliphatic rings. The summed E-state index contributed by atoms with van der Waals surface area (Å²) in [6.07, 6.45) is 3.12. The van der Waals surface area contributed by atoms with Gasteiger partial charge < -0.3 is 14.2 Å². The van der Waals surface area contributed by atoms with Gasteiger partial charge in [-0.15, -0.1) is 0 Å². The van der Waals surface area contributed by atoms with Crippen LogP contribution in [0.3, 0.4) is 0 Å². The Morgan fingerprint density at radius 3 is 2.53 bits per heavy atom. The highest BCUT2D eigenvalue weighted by Gasteiger charge is 2.22. The first-order chi connectivity index (χ1) is 14.5. The van der Waals surface area contributed by atoms with Crippen LogP contribution >= 0.6 is 0 Å². The lowest BCUT2D eigenvalue weighted by Gasteiger charge is -2.11. The Balaban J connectivity index is 2.08. The smallest absolute Gasteiger partial charge is 0.315 e. The minimum atomic E-state index is -0.538. The fraction of sp³-hybridized carbons (Fsp3) is 0.333. The second-order valence-corrected chi connectivity index (χ2v) is 6.35. The van der Waals surface area contributed by atoms with Crippen molar-refractivity contribution >= 4 is 17.8 Å². The van der Waals surface area contributed by atoms with Crippen molar-refractivity contribution in [1.29, 1.82) is 0 Å². The van der Waals surface area contributed by atoms with Gasteiger partial charge >= 0.3 is 5.69 Å². The minimum absolute atomic E-state index is 0.0802. The van der Waals surface area contributed by atoms with Crippen molar-refractivity contribution < 1.29 is 23.9 Å². The highest BCUT2D eigenvalue weighted by molar-refractivity contribution is 5.85. The molecule has 9 heteroatoms. The zero-order chi connectivity index (χ0) is 21.9. The first-order valence-electron chi connectivity index (χ1n) is 9.42. The van der Waals surface area contributed by atoms with Crippen molar-refractivity contribution in [2.24, 2.45) is 5.10 Å². The minimum Gasteiger partial charge on any atom is -0.497 e. The Labute approximate surface area is 174 Å². The van der Waals surface area contributed by atoms with E-state index >= 15 is 0 Å². The average Bonchev–Trinajstić information content (AvgIpc) is 2.74. The number of hydrazone groups is 1. The molecule has 30 heavy (non-hydrogen) atoms. The molecular weight excluding hydrogens is 390 g/mol. The molecule has 2 aromatic rings. The number of benzene rings is 2. The molecule has 0 aromatic heterocycles. The number of nitro benzene ring substituents is 1. The fourth-order valence-corrected chi connectivity index (χ4v) is 2.58. The summed E-state index contributed by atoms with van der Waals surface area (Å²) in [7, 11) is 2.98. The zero-order valence-corrected chi connectivity index (χ0v) is 17.2. The highest BCUT2D eigenvalue weighted by atomic mass is 16.6. The summed E-state index contributed by atoms with van der Waals surface area (Å²) in [5, 5.41) is 15.3. The van der Waals surface area contributed by atoms with Crippen molar-refractivity contribution in [1.82, 2.24) is 5.43 Å². The van der Waals surface area contributed by atoms with Crippen LogP contribution in [0, 0.1) is 10.1 Å². The van der Waals surface area contributed by atoms with Gasteiger partial charge in [-0.05, 0) is 30.2 Å². The third kappa shape index (κ3) is 6.47. The van der Waals surface area contributed by atoms with Gasteiger partial charge in [-0.3, -0.25) is 14.9 Å². The maximum absolute atomic E-state index is 12.0. The number of methoxy groups -OCH3 is 2. The summed E-state index contributed by atoms with van der Waals surface area (Å²) in [5.74, 6) is 0.690. The molecule has 0 aliphatic heterocycles. The molecular formula is C21H25N3O6. The van der Waals surface area contributed by atoms with Crippen molar-refractivity contribution in [3.05, 3.63) is 57.6 Å². The molecule has 1 amide bonds. The van der Waals surface area contributed by atoms with E-state index in [9.17, 15) is 14.9 Å². The largest absolute Gasteiger partial charge is 0.497 e. The van der Waals surface area contributed by atoms with Gasteiger partial charge in [-0.25, -0.2) is 5.43 Å². The Morgan fingerprint density at radius 2 is 1.93 bits per heavy atom. The van der Waals surface area contributed by atoms with Crippen LogP contribution in [0.4, 0.5) is 5.69 Å². The number of rotatable bonds is 11. The van der Waals surface area contributed by atoms with E-state index in [4.69, 9.17) is 14.2 Å². The number of nitro groups is 1. The van der Waals surface area contributed by atoms with Crippen LogP contribution in [0.25, 0.3) is 0 Å². The number of hydrogen-bond acceptors (Lipinski definition) is 7. The predicted molar refractivity (Wildman–Crippen MR) is 112 cm³/mol. The normalized spacial score (nSPS) is 10.6. The molecule has 0 aliphatic carbocycles. The van der Waals surface area contributed by atoms with E-state index in [0.717, 1.165) is 18.4 Å². The number of carbonyl (C=O) groups excluding carboxylic acids is 1. The second kappa shape index (κ2) is 11.4. The number of unbranched alkanes of at least 4 members (excludes halogenated alkanes) is 1. The maximum atomic E-state index is 12.0. The van der Waals surface area contributed by atoms with Gasteiger partial charge in [0.15, 0.2) is 5.75 Å². The topological polar surface area (TPSA) is 112 Å². The van der Waals surface area contributed by atoms with Gasteiger partial charge in [0.25, 0.3) is 0 Å². The van der Waals surface area contributed by atoms with Gasteiger partial charge in [0.1, 0.15) is 5.75 Å². The molecule has 0 bridgehead atoms. The van der Waals surface area contributed by atoms with Crippen molar-refractivity contribution in [3.63, 3.8) is 0 Å². The summed E-state index contributed by atoms with van der Waals surface area (Å²) in [6.45, 7) is 2.35. The fourth-order valence-electron chi connectivity index (χ4n) is 2.58. The van der Waals surface area contributed by atoms with E-state index in [1.54, 1.807) is 37.4 Å². The Hall–Kier alpha value is -3.62. The molecule has 0 spiro atoms. The molecule has 9 nitrogen and oxygen atoms in total. The van der Waals surface area contributed by atoms with E-state index in [-0.39, 0.29) is 29.5 Å². The zero-order valence-electron chi connectivity index (χ0n) is 17.2. The van der Waals surface area contributed by atoms with Gasteiger partial charge in [-0.1, -0.05) is 25.5 Å². The summed E-state index contributed by atoms with van der Waals surface area (Å²) in [5.41, 5.74) is 3.38. The van der Waals surface area contributed by atoms with E-state index in [2.05, 4.69) is 10.5 Å². The summed E-state index contributed by atoms with van der Waals surface area (Å²) >= 11 is 0. The molecule has 2 rings (SSSR count). The molecule has 0 radical (unpaired) electrons. The van der Waals surface area contributed by atoms with Crippen LogP contribution in [-0.4, -0.2) is 37.9 Å². The summed E-state index contributed by atoms with van der Waals surface area (Å²) < 4.78 is 15.9. The first-order valence-corrected chi connectivity index (χ1v) is 9.42. The van der Waals surface area contributed by atoms with Crippen molar-refractivity contribution in [3.8, 4) is 17.2 Å². The predicted octanol–water partition coefficient (Wildman–Crippen LogP) is 3.48. The molecule has 0 saturated heterocycles. The second-order valence-electron chi connectivity index (χ2n) is 6.35.